The standard InChI is InChI=1S/C26H20BrCl2NO4S/c1-15-5-3-4-6-18(15)14-34-24-19(27)9-17(11-22(24)33-2)12-23-25(31)30(26(32)35-23)13-16-7-8-20(28)21(29)10-16/h3-12H,13-14H2,1-2H3/b23-12-. The zero-order valence-corrected chi connectivity index (χ0v) is 22.7. The minimum atomic E-state index is -0.374. The molecular weight excluding hydrogens is 573 g/mol. The van der Waals surface area contributed by atoms with Gasteiger partial charge in [-0.15, -0.1) is 0 Å². The van der Waals surface area contributed by atoms with Crippen LogP contribution in [-0.2, 0) is 17.9 Å². The van der Waals surface area contributed by atoms with Gasteiger partial charge in [0.15, 0.2) is 11.5 Å². The molecular formula is C26H20BrCl2NO4S. The topological polar surface area (TPSA) is 55.8 Å². The number of halogens is 3. The largest absolute Gasteiger partial charge is 0.493 e. The Morgan fingerprint density at radius 1 is 1.06 bits per heavy atom. The van der Waals surface area contributed by atoms with Gasteiger partial charge < -0.3 is 9.47 Å². The molecule has 0 atom stereocenters. The number of hydrogen-bond donors (Lipinski definition) is 0. The van der Waals surface area contributed by atoms with Crippen LogP contribution >= 0.6 is 50.9 Å². The third-order valence-corrected chi connectivity index (χ3v) is 7.62. The van der Waals surface area contributed by atoms with Crippen molar-refractivity contribution in [3.05, 3.63) is 96.3 Å². The molecule has 0 radical (unpaired) electrons. The molecule has 180 valence electrons. The Kier molecular flexibility index (Phi) is 8.12. The maximum Gasteiger partial charge on any atom is 0.293 e. The first-order valence-corrected chi connectivity index (χ1v) is 12.9. The third-order valence-electron chi connectivity index (χ3n) is 5.38. The molecule has 9 heteroatoms. The van der Waals surface area contributed by atoms with E-state index < -0.39 is 0 Å². The Labute approximate surface area is 226 Å². The summed E-state index contributed by atoms with van der Waals surface area (Å²) in [6.45, 7) is 2.52. The van der Waals surface area contributed by atoms with Crippen molar-refractivity contribution >= 4 is 68.1 Å². The molecule has 3 aromatic rings. The predicted octanol–water partition coefficient (Wildman–Crippen LogP) is 7.89. The van der Waals surface area contributed by atoms with E-state index in [-0.39, 0.29) is 17.7 Å². The fraction of sp³-hybridized carbons (Fsp3) is 0.154. The van der Waals surface area contributed by atoms with Crippen molar-refractivity contribution in [1.82, 2.24) is 4.90 Å². The molecule has 1 aliphatic heterocycles. The van der Waals surface area contributed by atoms with Crippen LogP contribution in [0.1, 0.15) is 22.3 Å². The monoisotopic (exact) mass is 591 g/mol. The van der Waals surface area contributed by atoms with Gasteiger partial charge in [0.2, 0.25) is 0 Å². The molecule has 0 aromatic heterocycles. The van der Waals surface area contributed by atoms with Gasteiger partial charge in [-0.2, -0.15) is 0 Å². The quantitative estimate of drug-likeness (QED) is 0.261. The van der Waals surface area contributed by atoms with E-state index in [1.807, 2.05) is 37.3 Å². The number of carbonyl (C=O) groups excluding carboxylic acids is 2. The number of hydrogen-bond acceptors (Lipinski definition) is 5. The van der Waals surface area contributed by atoms with Gasteiger partial charge in [-0.3, -0.25) is 14.5 Å². The van der Waals surface area contributed by atoms with Gasteiger partial charge in [0, 0.05) is 0 Å². The smallest absolute Gasteiger partial charge is 0.293 e. The second kappa shape index (κ2) is 11.1. The first kappa shape index (κ1) is 25.6. The summed E-state index contributed by atoms with van der Waals surface area (Å²) in [4.78, 5) is 27.0. The number of thioether (sulfide) groups is 1. The fourth-order valence-corrected chi connectivity index (χ4v) is 5.23. The Morgan fingerprint density at radius 3 is 2.54 bits per heavy atom. The fourth-order valence-electron chi connectivity index (χ4n) is 3.49. The molecule has 0 saturated carbocycles. The maximum atomic E-state index is 13.0. The number of aryl methyl sites for hydroxylation is 1. The molecule has 0 bridgehead atoms. The van der Waals surface area contributed by atoms with Gasteiger partial charge in [0.25, 0.3) is 11.1 Å². The lowest BCUT2D eigenvalue weighted by molar-refractivity contribution is -0.123. The average molecular weight is 593 g/mol. The molecule has 1 saturated heterocycles. The second-order valence-electron chi connectivity index (χ2n) is 7.77. The third kappa shape index (κ3) is 5.86. The minimum absolute atomic E-state index is 0.109. The van der Waals surface area contributed by atoms with Crippen LogP contribution in [0.15, 0.2) is 64.0 Å². The van der Waals surface area contributed by atoms with Crippen LogP contribution in [-0.4, -0.2) is 23.2 Å². The Hall–Kier alpha value is -2.45. The van der Waals surface area contributed by atoms with E-state index in [2.05, 4.69) is 15.9 Å². The van der Waals surface area contributed by atoms with Crippen molar-refractivity contribution in [3.63, 3.8) is 0 Å². The number of amides is 2. The summed E-state index contributed by atoms with van der Waals surface area (Å²) in [6, 6.07) is 16.6. The van der Waals surface area contributed by atoms with E-state index in [0.717, 1.165) is 22.9 Å². The molecule has 3 aromatic carbocycles. The molecule has 0 aliphatic carbocycles. The predicted molar refractivity (Wildman–Crippen MR) is 144 cm³/mol. The van der Waals surface area contributed by atoms with Crippen molar-refractivity contribution in [2.24, 2.45) is 0 Å². The SMILES string of the molecule is COc1cc(/C=C2\SC(=O)N(Cc3ccc(Cl)c(Cl)c3)C2=O)cc(Br)c1OCc1ccccc1C. The molecule has 0 unspecified atom stereocenters. The molecule has 0 spiro atoms. The number of ether oxygens (including phenoxy) is 2. The summed E-state index contributed by atoms with van der Waals surface area (Å²) < 4.78 is 12.3. The Balaban J connectivity index is 1.54. The second-order valence-corrected chi connectivity index (χ2v) is 10.4. The first-order chi connectivity index (χ1) is 16.8. The summed E-state index contributed by atoms with van der Waals surface area (Å²) in [7, 11) is 1.55. The van der Waals surface area contributed by atoms with E-state index in [0.29, 0.717) is 48.7 Å². The molecule has 5 nitrogen and oxygen atoms in total. The Bertz CT molecular complexity index is 1340. The lowest BCUT2D eigenvalue weighted by Crippen LogP contribution is -2.27. The normalized spacial score (nSPS) is 14.7. The van der Waals surface area contributed by atoms with E-state index in [9.17, 15) is 9.59 Å². The number of benzene rings is 3. The lowest BCUT2D eigenvalue weighted by Gasteiger charge is -2.15. The average Bonchev–Trinajstić information content (AvgIpc) is 3.08. The summed E-state index contributed by atoms with van der Waals surface area (Å²) in [5, 5.41) is 0.431. The van der Waals surface area contributed by atoms with Crippen molar-refractivity contribution < 1.29 is 19.1 Å². The highest BCUT2D eigenvalue weighted by Crippen LogP contribution is 2.40. The van der Waals surface area contributed by atoms with Crippen LogP contribution in [0.4, 0.5) is 4.79 Å². The highest BCUT2D eigenvalue weighted by Gasteiger charge is 2.35. The van der Waals surface area contributed by atoms with E-state index in [4.69, 9.17) is 32.7 Å². The van der Waals surface area contributed by atoms with Crippen molar-refractivity contribution in [3.8, 4) is 11.5 Å². The number of rotatable bonds is 7. The van der Waals surface area contributed by atoms with Crippen LogP contribution < -0.4 is 9.47 Å². The van der Waals surface area contributed by atoms with Crippen LogP contribution in [0, 0.1) is 6.92 Å². The number of imide groups is 1. The lowest BCUT2D eigenvalue weighted by atomic mass is 10.1. The zero-order chi connectivity index (χ0) is 25.1. The number of methoxy groups -OCH3 is 1. The molecule has 1 fully saturated rings. The zero-order valence-electron chi connectivity index (χ0n) is 18.8. The van der Waals surface area contributed by atoms with Gasteiger partial charge in [-0.1, -0.05) is 53.5 Å². The first-order valence-electron chi connectivity index (χ1n) is 10.5. The van der Waals surface area contributed by atoms with E-state index in [1.165, 1.54) is 4.90 Å². The summed E-state index contributed by atoms with van der Waals surface area (Å²) in [5.74, 6) is 0.691. The highest BCUT2D eigenvalue weighted by atomic mass is 79.9. The van der Waals surface area contributed by atoms with E-state index in [1.54, 1.807) is 37.5 Å². The molecule has 2 amide bonds. The van der Waals surface area contributed by atoms with Crippen LogP contribution in [0.25, 0.3) is 6.08 Å². The van der Waals surface area contributed by atoms with Crippen molar-refractivity contribution in [1.29, 1.82) is 0 Å². The summed E-state index contributed by atoms with van der Waals surface area (Å²) in [6.07, 6.45) is 1.66. The van der Waals surface area contributed by atoms with Crippen LogP contribution in [0.2, 0.25) is 10.0 Å². The van der Waals surface area contributed by atoms with Gasteiger partial charge in [0.1, 0.15) is 6.61 Å². The minimum Gasteiger partial charge on any atom is -0.493 e. The van der Waals surface area contributed by atoms with Gasteiger partial charge in [-0.25, -0.2) is 0 Å². The maximum absolute atomic E-state index is 13.0. The van der Waals surface area contributed by atoms with Crippen LogP contribution in [0.5, 0.6) is 11.5 Å². The van der Waals surface area contributed by atoms with Crippen molar-refractivity contribution in [2.75, 3.05) is 7.11 Å². The molecule has 0 N–H and O–H groups in total. The molecule has 4 rings (SSSR count). The number of carbonyl (C=O) groups is 2. The molecule has 35 heavy (non-hydrogen) atoms. The highest BCUT2D eigenvalue weighted by molar-refractivity contribution is 9.10. The van der Waals surface area contributed by atoms with Crippen molar-refractivity contribution in [2.45, 2.75) is 20.1 Å². The number of nitrogens with zero attached hydrogens (tertiary/aromatic N) is 1. The van der Waals surface area contributed by atoms with E-state index >= 15 is 0 Å². The summed E-state index contributed by atoms with van der Waals surface area (Å²) >= 11 is 16.5. The summed E-state index contributed by atoms with van der Waals surface area (Å²) in [5.41, 5.74) is 3.61. The van der Waals surface area contributed by atoms with Crippen LogP contribution in [0.3, 0.4) is 0 Å². The Morgan fingerprint density at radius 2 is 1.83 bits per heavy atom. The molecule has 1 aliphatic rings. The van der Waals surface area contributed by atoms with Gasteiger partial charge in [0.05, 0.1) is 33.1 Å². The van der Waals surface area contributed by atoms with Gasteiger partial charge in [-0.05, 0) is 87.2 Å². The van der Waals surface area contributed by atoms with Gasteiger partial charge >= 0.3 is 0 Å². The molecule has 1 heterocycles.